The summed E-state index contributed by atoms with van der Waals surface area (Å²) in [7, 11) is 0. The van der Waals surface area contributed by atoms with Crippen LogP contribution in [0.3, 0.4) is 0 Å². The first-order chi connectivity index (χ1) is 7.24. The van der Waals surface area contributed by atoms with Gasteiger partial charge in [-0.3, -0.25) is 9.67 Å². The van der Waals surface area contributed by atoms with Gasteiger partial charge >= 0.3 is 0 Å². The number of hydrogen-bond donors (Lipinski definition) is 1. The number of aromatic nitrogens is 2. The number of thioether (sulfide) groups is 1. The zero-order valence-electron chi connectivity index (χ0n) is 9.05. The van der Waals surface area contributed by atoms with Crippen molar-refractivity contribution in [2.75, 3.05) is 5.75 Å². The van der Waals surface area contributed by atoms with Gasteiger partial charge in [0.1, 0.15) is 0 Å². The quantitative estimate of drug-likeness (QED) is 0.843. The summed E-state index contributed by atoms with van der Waals surface area (Å²) in [5.41, 5.74) is 0. The van der Waals surface area contributed by atoms with E-state index in [0.29, 0.717) is 12.1 Å². The maximum Gasteiger partial charge on any atom is 0.157 e. The summed E-state index contributed by atoms with van der Waals surface area (Å²) in [5, 5.41) is 8.65. The lowest BCUT2D eigenvalue weighted by Crippen LogP contribution is -2.33. The second kappa shape index (κ2) is 4.70. The van der Waals surface area contributed by atoms with E-state index in [9.17, 15) is 0 Å². The van der Waals surface area contributed by atoms with Crippen molar-refractivity contribution >= 4 is 16.9 Å². The highest BCUT2D eigenvalue weighted by Gasteiger charge is 2.15. The van der Waals surface area contributed by atoms with E-state index < -0.39 is 0 Å². The van der Waals surface area contributed by atoms with Gasteiger partial charge in [-0.1, -0.05) is 11.8 Å². The molecular formula is C10H16N4S. The molecule has 0 bridgehead atoms. The topological polar surface area (TPSA) is 42.2 Å². The number of amidine groups is 1. The van der Waals surface area contributed by atoms with Gasteiger partial charge in [-0.05, 0) is 19.9 Å². The van der Waals surface area contributed by atoms with Crippen molar-refractivity contribution in [3.05, 3.63) is 18.5 Å². The lowest BCUT2D eigenvalue weighted by molar-refractivity contribution is 0.507. The molecule has 0 fully saturated rings. The summed E-state index contributed by atoms with van der Waals surface area (Å²) in [5.74, 6) is 1.09. The molecule has 0 radical (unpaired) electrons. The van der Waals surface area contributed by atoms with Crippen LogP contribution in [0.1, 0.15) is 13.8 Å². The smallest absolute Gasteiger partial charge is 0.157 e. The molecule has 1 aromatic rings. The van der Waals surface area contributed by atoms with Gasteiger partial charge in [0, 0.05) is 24.2 Å². The van der Waals surface area contributed by atoms with Gasteiger partial charge in [0.25, 0.3) is 0 Å². The highest BCUT2D eigenvalue weighted by Crippen LogP contribution is 2.16. The molecule has 82 valence electrons. The molecule has 2 atom stereocenters. The standard InChI is InChI=1S/C10H16N4S/c1-8(6-14-5-3-4-11-14)12-10-13-9(2)7-15-10/h3-5,8-9H,6-7H2,1-2H3,(H,12,13). The van der Waals surface area contributed by atoms with E-state index in [2.05, 4.69) is 29.3 Å². The van der Waals surface area contributed by atoms with Crippen LogP contribution in [0.5, 0.6) is 0 Å². The molecule has 2 rings (SSSR count). The Labute approximate surface area is 94.2 Å². The van der Waals surface area contributed by atoms with Crippen LogP contribution >= 0.6 is 11.8 Å². The van der Waals surface area contributed by atoms with Crippen molar-refractivity contribution in [3.63, 3.8) is 0 Å². The van der Waals surface area contributed by atoms with E-state index >= 15 is 0 Å². The first-order valence-corrected chi connectivity index (χ1v) is 6.17. The maximum atomic E-state index is 4.50. The minimum Gasteiger partial charge on any atom is -0.361 e. The van der Waals surface area contributed by atoms with Crippen molar-refractivity contribution in [1.29, 1.82) is 0 Å². The Morgan fingerprint density at radius 2 is 2.60 bits per heavy atom. The van der Waals surface area contributed by atoms with Crippen LogP contribution in [0.4, 0.5) is 0 Å². The first-order valence-electron chi connectivity index (χ1n) is 5.18. The largest absolute Gasteiger partial charge is 0.361 e. The number of rotatable bonds is 3. The van der Waals surface area contributed by atoms with Crippen molar-refractivity contribution in [1.82, 2.24) is 15.1 Å². The van der Waals surface area contributed by atoms with Crippen LogP contribution < -0.4 is 5.32 Å². The molecule has 1 N–H and O–H groups in total. The molecule has 1 aliphatic heterocycles. The minimum atomic E-state index is 0.362. The van der Waals surface area contributed by atoms with Crippen molar-refractivity contribution in [3.8, 4) is 0 Å². The van der Waals surface area contributed by atoms with E-state index in [0.717, 1.165) is 17.5 Å². The Hall–Kier alpha value is -0.970. The summed E-state index contributed by atoms with van der Waals surface area (Å²) in [4.78, 5) is 4.50. The van der Waals surface area contributed by atoms with Gasteiger partial charge in [0.2, 0.25) is 0 Å². The summed E-state index contributed by atoms with van der Waals surface area (Å²) in [6, 6.07) is 2.76. The van der Waals surface area contributed by atoms with Crippen LogP contribution in [0.25, 0.3) is 0 Å². The summed E-state index contributed by atoms with van der Waals surface area (Å²) in [6.07, 6.45) is 3.78. The van der Waals surface area contributed by atoms with Crippen LogP contribution in [-0.2, 0) is 6.54 Å². The predicted octanol–water partition coefficient (Wildman–Crippen LogP) is 1.35. The van der Waals surface area contributed by atoms with Crippen LogP contribution in [0, 0.1) is 0 Å². The lowest BCUT2D eigenvalue weighted by atomic mass is 10.3. The predicted molar refractivity (Wildman–Crippen MR) is 64.2 cm³/mol. The van der Waals surface area contributed by atoms with Crippen LogP contribution in [0.15, 0.2) is 23.5 Å². The highest BCUT2D eigenvalue weighted by molar-refractivity contribution is 8.14. The van der Waals surface area contributed by atoms with E-state index in [-0.39, 0.29) is 0 Å². The Balaban J connectivity index is 1.82. The number of nitrogens with one attached hydrogen (secondary N) is 1. The zero-order valence-corrected chi connectivity index (χ0v) is 9.87. The third-order valence-corrected chi connectivity index (χ3v) is 3.33. The van der Waals surface area contributed by atoms with Crippen LogP contribution in [0.2, 0.25) is 0 Å². The molecule has 1 aromatic heterocycles. The highest BCUT2D eigenvalue weighted by atomic mass is 32.2. The molecular weight excluding hydrogens is 208 g/mol. The Kier molecular flexibility index (Phi) is 3.30. The monoisotopic (exact) mass is 224 g/mol. The average molecular weight is 224 g/mol. The molecule has 0 aliphatic carbocycles. The normalized spacial score (nSPS) is 22.5. The van der Waals surface area contributed by atoms with Gasteiger partial charge in [0.05, 0.1) is 12.6 Å². The van der Waals surface area contributed by atoms with E-state index in [1.54, 1.807) is 18.0 Å². The molecule has 2 unspecified atom stereocenters. The number of aliphatic imine (C=N–C) groups is 1. The summed E-state index contributed by atoms with van der Waals surface area (Å²) >= 11 is 1.80. The third kappa shape index (κ3) is 2.99. The SMILES string of the molecule is CC1CSC(NC(C)Cn2cccn2)=N1. The fraction of sp³-hybridized carbons (Fsp3) is 0.600. The molecule has 2 heterocycles. The molecule has 15 heavy (non-hydrogen) atoms. The molecule has 0 spiro atoms. The van der Waals surface area contributed by atoms with Gasteiger partial charge in [-0.25, -0.2) is 0 Å². The molecule has 0 saturated heterocycles. The first kappa shape index (κ1) is 10.5. The lowest BCUT2D eigenvalue weighted by Gasteiger charge is -2.14. The molecule has 0 saturated carbocycles. The Morgan fingerprint density at radius 1 is 1.73 bits per heavy atom. The number of nitrogens with zero attached hydrogens (tertiary/aromatic N) is 3. The Morgan fingerprint density at radius 3 is 3.20 bits per heavy atom. The zero-order chi connectivity index (χ0) is 10.7. The average Bonchev–Trinajstić information content (AvgIpc) is 2.77. The fourth-order valence-electron chi connectivity index (χ4n) is 1.50. The van der Waals surface area contributed by atoms with Crippen molar-refractivity contribution < 1.29 is 0 Å². The number of hydrogen-bond acceptors (Lipinski definition) is 4. The van der Waals surface area contributed by atoms with Crippen molar-refractivity contribution in [2.24, 2.45) is 4.99 Å². The van der Waals surface area contributed by atoms with Gasteiger partial charge in [-0.2, -0.15) is 5.10 Å². The van der Waals surface area contributed by atoms with Crippen LogP contribution in [-0.4, -0.2) is 32.8 Å². The van der Waals surface area contributed by atoms with E-state index in [4.69, 9.17) is 0 Å². The molecule has 1 aliphatic rings. The second-order valence-corrected chi connectivity index (χ2v) is 4.88. The van der Waals surface area contributed by atoms with Gasteiger partial charge in [0.15, 0.2) is 5.17 Å². The molecule has 0 amide bonds. The fourth-order valence-corrected chi connectivity index (χ4v) is 2.51. The summed E-state index contributed by atoms with van der Waals surface area (Å²) in [6.45, 7) is 5.16. The van der Waals surface area contributed by atoms with Crippen molar-refractivity contribution in [2.45, 2.75) is 32.5 Å². The molecule has 5 heteroatoms. The van der Waals surface area contributed by atoms with Gasteiger partial charge in [-0.15, -0.1) is 0 Å². The Bertz CT molecular complexity index is 333. The summed E-state index contributed by atoms with van der Waals surface area (Å²) < 4.78 is 1.93. The third-order valence-electron chi connectivity index (χ3n) is 2.19. The molecule has 4 nitrogen and oxygen atoms in total. The minimum absolute atomic E-state index is 0.362. The van der Waals surface area contributed by atoms with E-state index in [1.807, 2.05) is 16.9 Å². The van der Waals surface area contributed by atoms with Gasteiger partial charge < -0.3 is 5.32 Å². The van der Waals surface area contributed by atoms with E-state index in [1.165, 1.54) is 0 Å². The maximum absolute atomic E-state index is 4.50. The second-order valence-electron chi connectivity index (χ2n) is 3.87. The molecule has 0 aromatic carbocycles.